The van der Waals surface area contributed by atoms with Gasteiger partial charge in [0.15, 0.2) is 0 Å². The third kappa shape index (κ3) is 3.57. The smallest absolute Gasteiger partial charge is 0.336 e. The summed E-state index contributed by atoms with van der Waals surface area (Å²) < 4.78 is 27.2. The Balaban J connectivity index is 2.34. The third-order valence-electron chi connectivity index (χ3n) is 3.93. The van der Waals surface area contributed by atoms with Gasteiger partial charge in [0.1, 0.15) is 0 Å². The maximum absolute atomic E-state index is 12.6. The summed E-state index contributed by atoms with van der Waals surface area (Å²) in [5.74, 6) is -1.11. The monoisotopic (exact) mass is 423 g/mol. The molecule has 1 N–H and O–H groups in total. The van der Waals surface area contributed by atoms with Gasteiger partial charge < -0.3 is 5.11 Å². The van der Waals surface area contributed by atoms with Gasteiger partial charge in [-0.1, -0.05) is 19.3 Å². The molecule has 0 radical (unpaired) electrons. The average Bonchev–Trinajstić information content (AvgIpc) is 2.47. The minimum Gasteiger partial charge on any atom is -0.478 e. The summed E-state index contributed by atoms with van der Waals surface area (Å²) in [5, 5.41) is 9.13. The SMILES string of the molecule is CN(C1CCCCC1)S(=O)(=O)c1ccc(I)c(C(=O)O)c1. The fourth-order valence-electron chi connectivity index (χ4n) is 2.64. The maximum atomic E-state index is 12.6. The first-order chi connectivity index (χ1) is 9.84. The zero-order valence-electron chi connectivity index (χ0n) is 11.8. The Morgan fingerprint density at radius 3 is 2.48 bits per heavy atom. The summed E-state index contributed by atoms with van der Waals surface area (Å²) in [5.41, 5.74) is 0.0220. The number of aromatic carboxylic acids is 1. The van der Waals surface area contributed by atoms with Gasteiger partial charge in [-0.3, -0.25) is 0 Å². The van der Waals surface area contributed by atoms with Gasteiger partial charge in [0.25, 0.3) is 0 Å². The molecule has 1 aromatic rings. The molecule has 0 heterocycles. The number of hydrogen-bond acceptors (Lipinski definition) is 3. The van der Waals surface area contributed by atoms with Crippen LogP contribution in [0, 0.1) is 3.57 Å². The standard InChI is InChI=1S/C14H18INO4S/c1-16(10-5-3-2-4-6-10)21(19,20)11-7-8-13(15)12(9-11)14(17)18/h7-10H,2-6H2,1H3,(H,17,18). The largest absolute Gasteiger partial charge is 0.478 e. The van der Waals surface area contributed by atoms with E-state index in [2.05, 4.69) is 0 Å². The van der Waals surface area contributed by atoms with Crippen LogP contribution < -0.4 is 0 Å². The molecule has 7 heteroatoms. The summed E-state index contributed by atoms with van der Waals surface area (Å²) in [6.07, 6.45) is 4.96. The summed E-state index contributed by atoms with van der Waals surface area (Å²) in [7, 11) is -2.06. The second-order valence-corrected chi connectivity index (χ2v) is 8.42. The summed E-state index contributed by atoms with van der Waals surface area (Å²) in [4.78, 5) is 11.2. The average molecular weight is 423 g/mol. The molecule has 1 aromatic carbocycles. The molecule has 0 atom stereocenters. The Hall–Kier alpha value is -0.670. The Morgan fingerprint density at radius 1 is 1.29 bits per heavy atom. The van der Waals surface area contributed by atoms with Crippen molar-refractivity contribution >= 4 is 38.6 Å². The number of sulfonamides is 1. The van der Waals surface area contributed by atoms with E-state index in [9.17, 15) is 13.2 Å². The highest BCUT2D eigenvalue weighted by atomic mass is 127. The van der Waals surface area contributed by atoms with Gasteiger partial charge in [-0.2, -0.15) is 4.31 Å². The number of carboxylic acids is 1. The molecule has 0 aliphatic heterocycles. The van der Waals surface area contributed by atoms with Crippen molar-refractivity contribution in [1.82, 2.24) is 4.31 Å². The summed E-state index contributed by atoms with van der Waals surface area (Å²) in [6.45, 7) is 0. The first-order valence-electron chi connectivity index (χ1n) is 6.85. The number of carbonyl (C=O) groups is 1. The van der Waals surface area contributed by atoms with Crippen LogP contribution in [0.15, 0.2) is 23.1 Å². The molecule has 1 aliphatic rings. The van der Waals surface area contributed by atoms with Crippen molar-refractivity contribution < 1.29 is 18.3 Å². The first kappa shape index (κ1) is 16.7. The molecule has 1 aliphatic carbocycles. The number of benzene rings is 1. The molecule has 0 unspecified atom stereocenters. The Bertz CT molecular complexity index is 638. The van der Waals surface area contributed by atoms with Crippen molar-refractivity contribution in [2.24, 2.45) is 0 Å². The molecule has 21 heavy (non-hydrogen) atoms. The zero-order chi connectivity index (χ0) is 15.6. The highest BCUT2D eigenvalue weighted by Gasteiger charge is 2.29. The van der Waals surface area contributed by atoms with E-state index in [1.54, 1.807) is 7.05 Å². The number of nitrogens with zero attached hydrogens (tertiary/aromatic N) is 1. The summed E-state index contributed by atoms with van der Waals surface area (Å²) >= 11 is 1.89. The van der Waals surface area contributed by atoms with E-state index >= 15 is 0 Å². The van der Waals surface area contributed by atoms with Gasteiger partial charge in [0.05, 0.1) is 10.5 Å². The molecule has 0 bridgehead atoms. The first-order valence-corrected chi connectivity index (χ1v) is 9.37. The molecular weight excluding hydrogens is 405 g/mol. The van der Waals surface area contributed by atoms with Crippen LogP contribution in [-0.4, -0.2) is 36.9 Å². The van der Waals surface area contributed by atoms with E-state index in [1.807, 2.05) is 22.6 Å². The summed E-state index contributed by atoms with van der Waals surface area (Å²) in [6, 6.07) is 4.27. The van der Waals surface area contributed by atoms with Crippen LogP contribution >= 0.6 is 22.6 Å². The lowest BCUT2D eigenvalue weighted by Gasteiger charge is -2.30. The molecule has 0 spiro atoms. The number of halogens is 1. The lowest BCUT2D eigenvalue weighted by Crippen LogP contribution is -2.38. The molecular formula is C14H18INO4S. The fraction of sp³-hybridized carbons (Fsp3) is 0.500. The molecule has 5 nitrogen and oxygen atoms in total. The van der Waals surface area contributed by atoms with Gasteiger partial charge >= 0.3 is 5.97 Å². The molecule has 1 saturated carbocycles. The lowest BCUT2D eigenvalue weighted by atomic mass is 9.96. The minimum absolute atomic E-state index is 0.0105. The second-order valence-electron chi connectivity index (χ2n) is 5.26. The van der Waals surface area contributed by atoms with Crippen LogP contribution in [0.2, 0.25) is 0 Å². The van der Waals surface area contributed by atoms with E-state index < -0.39 is 16.0 Å². The van der Waals surface area contributed by atoms with E-state index in [1.165, 1.54) is 22.5 Å². The molecule has 1 fully saturated rings. The zero-order valence-corrected chi connectivity index (χ0v) is 14.7. The van der Waals surface area contributed by atoms with Crippen LogP contribution in [0.5, 0.6) is 0 Å². The molecule has 116 valence electrons. The van der Waals surface area contributed by atoms with E-state index in [-0.39, 0.29) is 16.5 Å². The fourth-order valence-corrected chi connectivity index (χ4v) is 4.64. The van der Waals surface area contributed by atoms with Crippen molar-refractivity contribution in [3.63, 3.8) is 0 Å². The van der Waals surface area contributed by atoms with Crippen molar-refractivity contribution in [3.8, 4) is 0 Å². The quantitative estimate of drug-likeness (QED) is 0.756. The Kier molecular flexibility index (Phi) is 5.26. The van der Waals surface area contributed by atoms with Crippen LogP contribution in [-0.2, 0) is 10.0 Å². The molecule has 0 amide bonds. The topological polar surface area (TPSA) is 74.7 Å². The van der Waals surface area contributed by atoms with Gasteiger partial charge in [0.2, 0.25) is 10.0 Å². The van der Waals surface area contributed by atoms with Gasteiger partial charge in [-0.15, -0.1) is 0 Å². The second kappa shape index (κ2) is 6.62. The van der Waals surface area contributed by atoms with Crippen LogP contribution in [0.4, 0.5) is 0 Å². The lowest BCUT2D eigenvalue weighted by molar-refractivity contribution is 0.0695. The van der Waals surface area contributed by atoms with E-state index in [0.29, 0.717) is 3.57 Å². The molecule has 0 saturated heterocycles. The van der Waals surface area contributed by atoms with Crippen molar-refractivity contribution in [1.29, 1.82) is 0 Å². The highest BCUT2D eigenvalue weighted by molar-refractivity contribution is 14.1. The predicted octanol–water partition coefficient (Wildman–Crippen LogP) is 2.94. The molecule has 2 rings (SSSR count). The van der Waals surface area contributed by atoms with Gasteiger partial charge in [-0.25, -0.2) is 13.2 Å². The van der Waals surface area contributed by atoms with Crippen molar-refractivity contribution in [3.05, 3.63) is 27.3 Å². The van der Waals surface area contributed by atoms with E-state index in [4.69, 9.17) is 5.11 Å². The van der Waals surface area contributed by atoms with Crippen LogP contribution in [0.25, 0.3) is 0 Å². The van der Waals surface area contributed by atoms with E-state index in [0.717, 1.165) is 32.1 Å². The Morgan fingerprint density at radius 2 is 1.90 bits per heavy atom. The maximum Gasteiger partial charge on any atom is 0.336 e. The predicted molar refractivity (Wildman–Crippen MR) is 87.9 cm³/mol. The normalized spacial score (nSPS) is 17.1. The van der Waals surface area contributed by atoms with Crippen molar-refractivity contribution in [2.45, 2.75) is 43.0 Å². The van der Waals surface area contributed by atoms with Gasteiger partial charge in [-0.05, 0) is 53.6 Å². The third-order valence-corrected chi connectivity index (χ3v) is 6.78. The van der Waals surface area contributed by atoms with Crippen molar-refractivity contribution in [2.75, 3.05) is 7.05 Å². The minimum atomic E-state index is -3.64. The van der Waals surface area contributed by atoms with Crippen LogP contribution in [0.1, 0.15) is 42.5 Å². The Labute approximate surface area is 138 Å². The highest BCUT2D eigenvalue weighted by Crippen LogP contribution is 2.27. The van der Waals surface area contributed by atoms with Gasteiger partial charge in [0, 0.05) is 16.7 Å². The number of hydrogen-bond donors (Lipinski definition) is 1. The molecule has 0 aromatic heterocycles. The number of carboxylic acid groups (broad SMARTS) is 1. The number of rotatable bonds is 4. The van der Waals surface area contributed by atoms with Crippen LogP contribution in [0.3, 0.4) is 0 Å².